The summed E-state index contributed by atoms with van der Waals surface area (Å²) in [6, 6.07) is 0. The average Bonchev–Trinajstić information content (AvgIpc) is 3.23. The summed E-state index contributed by atoms with van der Waals surface area (Å²) in [6.07, 6.45) is 8.92. The smallest absolute Gasteiger partial charge is 0.0651 e. The van der Waals surface area contributed by atoms with Gasteiger partial charge in [0, 0.05) is 6.61 Å². The number of aliphatic hydroxyl groups is 1. The van der Waals surface area contributed by atoms with Gasteiger partial charge in [-0.2, -0.15) is 0 Å². The Morgan fingerprint density at radius 2 is 1.60 bits per heavy atom. The maximum atomic E-state index is 9.79. The second-order valence-corrected chi connectivity index (χ2v) is 8.59. The minimum atomic E-state index is 0.406. The molecule has 6 aliphatic rings. The molecule has 4 aliphatic carbocycles. The molecule has 0 aromatic rings. The molecule has 3 saturated carbocycles. The molecule has 12 unspecified atom stereocenters. The Morgan fingerprint density at radius 1 is 0.950 bits per heavy atom. The van der Waals surface area contributed by atoms with Crippen molar-refractivity contribution in [3.05, 3.63) is 12.2 Å². The first kappa shape index (κ1) is 11.3. The number of hydrogen-bond donors (Lipinski definition) is 1. The molecule has 2 heterocycles. The summed E-state index contributed by atoms with van der Waals surface area (Å²) in [7, 11) is 0. The van der Waals surface area contributed by atoms with E-state index in [1.165, 1.54) is 12.8 Å². The zero-order valence-corrected chi connectivity index (χ0v) is 12.1. The van der Waals surface area contributed by atoms with Crippen LogP contribution >= 0.6 is 0 Å². The Bertz CT molecular complexity index is 500. The van der Waals surface area contributed by atoms with Gasteiger partial charge in [-0.3, -0.25) is 0 Å². The second-order valence-electron chi connectivity index (χ2n) is 8.59. The second kappa shape index (κ2) is 3.35. The van der Waals surface area contributed by atoms with Crippen LogP contribution in [-0.4, -0.2) is 23.9 Å². The molecule has 2 nitrogen and oxygen atoms in total. The first-order chi connectivity index (χ1) is 9.79. The summed E-state index contributed by atoms with van der Waals surface area (Å²) in [6.45, 7) is 2.80. The lowest BCUT2D eigenvalue weighted by Crippen LogP contribution is -2.48. The van der Waals surface area contributed by atoms with Gasteiger partial charge >= 0.3 is 0 Å². The van der Waals surface area contributed by atoms with Gasteiger partial charge in [-0.1, -0.05) is 19.1 Å². The van der Waals surface area contributed by atoms with Crippen molar-refractivity contribution in [2.75, 3.05) is 6.61 Å². The number of rotatable bonds is 1. The molecule has 0 amide bonds. The van der Waals surface area contributed by atoms with Crippen LogP contribution in [0, 0.1) is 59.2 Å². The lowest BCUT2D eigenvalue weighted by Gasteiger charge is -2.45. The molecule has 12 atom stereocenters. The molecule has 0 radical (unpaired) electrons. The monoisotopic (exact) mass is 272 g/mol. The Kier molecular flexibility index (Phi) is 1.89. The maximum absolute atomic E-state index is 9.79. The predicted octanol–water partition coefficient (Wildman–Crippen LogP) is 2.33. The van der Waals surface area contributed by atoms with Crippen molar-refractivity contribution in [2.24, 2.45) is 59.2 Å². The zero-order chi connectivity index (χ0) is 13.2. The van der Waals surface area contributed by atoms with E-state index < -0.39 is 0 Å². The first-order valence-electron chi connectivity index (χ1n) is 8.74. The SMILES string of the molecule is CC1C(CO)C2CC1C1C3OC(C4C5C=CC(C5)C34)C21. The third-order valence-electron chi connectivity index (χ3n) is 8.50. The normalized spacial score (nSPS) is 70.9. The highest BCUT2D eigenvalue weighted by Crippen LogP contribution is 2.72. The molecule has 0 aromatic carbocycles. The van der Waals surface area contributed by atoms with Crippen LogP contribution in [0.4, 0.5) is 0 Å². The van der Waals surface area contributed by atoms with Gasteiger partial charge in [0.15, 0.2) is 0 Å². The van der Waals surface area contributed by atoms with Gasteiger partial charge in [0.1, 0.15) is 0 Å². The standard InChI is InChI=1S/C18H24O2/c1-7-10-5-11(12(7)6-19)16-15(10)17-13-8-2-3-9(4-8)14(13)18(16)20-17/h2-3,7-19H,4-6H2,1H3. The molecule has 6 bridgehead atoms. The summed E-state index contributed by atoms with van der Waals surface area (Å²) >= 11 is 0. The van der Waals surface area contributed by atoms with Crippen LogP contribution in [0.15, 0.2) is 12.2 Å². The fourth-order valence-electron chi connectivity index (χ4n) is 8.04. The third kappa shape index (κ3) is 0.982. The van der Waals surface area contributed by atoms with Crippen LogP contribution in [0.25, 0.3) is 0 Å². The summed E-state index contributed by atoms with van der Waals surface area (Å²) in [4.78, 5) is 0. The fraction of sp³-hybridized carbons (Fsp3) is 0.889. The molecule has 20 heavy (non-hydrogen) atoms. The topological polar surface area (TPSA) is 29.5 Å². The molecule has 2 saturated heterocycles. The Balaban J connectivity index is 1.43. The van der Waals surface area contributed by atoms with Gasteiger partial charge in [-0.05, 0) is 72.0 Å². The summed E-state index contributed by atoms with van der Waals surface area (Å²) < 4.78 is 6.59. The summed E-state index contributed by atoms with van der Waals surface area (Å²) in [5, 5.41) is 9.79. The number of hydrogen-bond acceptors (Lipinski definition) is 2. The van der Waals surface area contributed by atoms with Gasteiger partial charge in [0.25, 0.3) is 0 Å². The number of allylic oxidation sites excluding steroid dienone is 2. The van der Waals surface area contributed by atoms with Crippen molar-refractivity contribution in [3.63, 3.8) is 0 Å². The fourth-order valence-corrected chi connectivity index (χ4v) is 8.04. The van der Waals surface area contributed by atoms with E-state index in [1.807, 2.05) is 0 Å². The molecule has 2 heteroatoms. The Morgan fingerprint density at radius 3 is 2.25 bits per heavy atom. The van der Waals surface area contributed by atoms with Crippen LogP contribution in [-0.2, 0) is 4.74 Å². The van der Waals surface area contributed by atoms with Crippen molar-refractivity contribution >= 4 is 0 Å². The minimum absolute atomic E-state index is 0.406. The predicted molar refractivity (Wildman–Crippen MR) is 74.7 cm³/mol. The van der Waals surface area contributed by atoms with E-state index >= 15 is 0 Å². The molecule has 2 aliphatic heterocycles. The van der Waals surface area contributed by atoms with Crippen molar-refractivity contribution in [2.45, 2.75) is 32.0 Å². The summed E-state index contributed by atoms with van der Waals surface area (Å²) in [5.41, 5.74) is 0. The molecule has 5 fully saturated rings. The Hall–Kier alpha value is -0.340. The van der Waals surface area contributed by atoms with Gasteiger partial charge in [0.05, 0.1) is 12.2 Å². The van der Waals surface area contributed by atoms with E-state index in [4.69, 9.17) is 4.74 Å². The van der Waals surface area contributed by atoms with Crippen LogP contribution in [0.3, 0.4) is 0 Å². The highest BCUT2D eigenvalue weighted by Gasteiger charge is 2.73. The molecular formula is C18H24O2. The third-order valence-corrected chi connectivity index (χ3v) is 8.50. The van der Waals surface area contributed by atoms with Crippen LogP contribution in [0.5, 0.6) is 0 Å². The van der Waals surface area contributed by atoms with Crippen molar-refractivity contribution in [1.82, 2.24) is 0 Å². The number of aliphatic hydroxyl groups excluding tert-OH is 1. The lowest BCUT2D eigenvalue weighted by molar-refractivity contribution is 0.0224. The number of ether oxygens (including phenoxy) is 1. The van der Waals surface area contributed by atoms with E-state index in [1.54, 1.807) is 0 Å². The van der Waals surface area contributed by atoms with E-state index in [9.17, 15) is 5.11 Å². The quantitative estimate of drug-likeness (QED) is 0.742. The molecule has 1 N–H and O–H groups in total. The summed E-state index contributed by atoms with van der Waals surface area (Å²) in [5.74, 6) is 7.91. The molecule has 0 spiro atoms. The average molecular weight is 272 g/mol. The van der Waals surface area contributed by atoms with E-state index in [-0.39, 0.29) is 0 Å². The zero-order valence-electron chi connectivity index (χ0n) is 12.1. The first-order valence-corrected chi connectivity index (χ1v) is 8.74. The van der Waals surface area contributed by atoms with Gasteiger partial charge in [-0.25, -0.2) is 0 Å². The van der Waals surface area contributed by atoms with E-state index in [0.29, 0.717) is 24.7 Å². The molecule has 108 valence electrons. The van der Waals surface area contributed by atoms with Crippen LogP contribution in [0.1, 0.15) is 19.8 Å². The van der Waals surface area contributed by atoms with Crippen molar-refractivity contribution < 1.29 is 9.84 Å². The van der Waals surface area contributed by atoms with Crippen LogP contribution in [0.2, 0.25) is 0 Å². The Labute approximate surface area is 120 Å². The van der Waals surface area contributed by atoms with Gasteiger partial charge < -0.3 is 9.84 Å². The van der Waals surface area contributed by atoms with E-state index in [0.717, 1.165) is 53.3 Å². The molecule has 6 rings (SSSR count). The van der Waals surface area contributed by atoms with E-state index in [2.05, 4.69) is 19.1 Å². The lowest BCUT2D eigenvalue weighted by atomic mass is 9.57. The van der Waals surface area contributed by atoms with Crippen LogP contribution < -0.4 is 0 Å². The van der Waals surface area contributed by atoms with Crippen molar-refractivity contribution in [1.29, 1.82) is 0 Å². The largest absolute Gasteiger partial charge is 0.396 e. The molecular weight excluding hydrogens is 248 g/mol. The van der Waals surface area contributed by atoms with Gasteiger partial charge in [0.2, 0.25) is 0 Å². The molecule has 0 aromatic heterocycles. The minimum Gasteiger partial charge on any atom is -0.396 e. The number of fused-ring (bicyclic) bond motifs is 16. The highest BCUT2D eigenvalue weighted by atomic mass is 16.5. The van der Waals surface area contributed by atoms with Crippen molar-refractivity contribution in [3.8, 4) is 0 Å². The van der Waals surface area contributed by atoms with Gasteiger partial charge in [-0.15, -0.1) is 0 Å². The maximum Gasteiger partial charge on any atom is 0.0651 e. The highest BCUT2D eigenvalue weighted by molar-refractivity contribution is 5.26.